The highest BCUT2D eigenvalue weighted by molar-refractivity contribution is 7.94. The predicted octanol–water partition coefficient (Wildman–Crippen LogP) is 3.18. The molecule has 112 valence electrons. The van der Waals surface area contributed by atoms with Crippen LogP contribution in [0.25, 0.3) is 0 Å². The molecule has 2 heterocycles. The van der Waals surface area contributed by atoms with Gasteiger partial charge in [0.2, 0.25) is 0 Å². The number of thiophene rings is 1. The molecule has 3 rings (SSSR count). The van der Waals surface area contributed by atoms with Crippen molar-refractivity contribution in [2.75, 3.05) is 4.72 Å². The number of alkyl halides is 2. The van der Waals surface area contributed by atoms with Gasteiger partial charge >= 0.3 is 6.29 Å². The van der Waals surface area contributed by atoms with Crippen molar-refractivity contribution in [1.29, 1.82) is 0 Å². The van der Waals surface area contributed by atoms with Crippen LogP contribution in [0.4, 0.5) is 14.5 Å². The van der Waals surface area contributed by atoms with Crippen LogP contribution in [-0.2, 0) is 10.0 Å². The van der Waals surface area contributed by atoms with E-state index in [9.17, 15) is 17.2 Å². The third kappa shape index (κ3) is 2.79. The van der Waals surface area contributed by atoms with Crippen LogP contribution in [0.5, 0.6) is 11.5 Å². The van der Waals surface area contributed by atoms with Crippen LogP contribution >= 0.6 is 11.3 Å². The van der Waals surface area contributed by atoms with Crippen molar-refractivity contribution < 1.29 is 26.7 Å². The van der Waals surface area contributed by atoms with Gasteiger partial charge in [0.05, 0.1) is 5.69 Å². The number of hydrogen-bond acceptors (Lipinski definition) is 5. The number of rotatable bonds is 3. The summed E-state index contributed by atoms with van der Waals surface area (Å²) < 4.78 is 61.0. The molecular formula is C12H9F2NO4S2. The Bertz CT molecular complexity index is 801. The van der Waals surface area contributed by atoms with Crippen LogP contribution in [0, 0.1) is 6.92 Å². The van der Waals surface area contributed by atoms with Crippen molar-refractivity contribution >= 4 is 27.0 Å². The van der Waals surface area contributed by atoms with Crippen LogP contribution in [0.1, 0.15) is 4.88 Å². The minimum atomic E-state index is -3.75. The number of fused-ring (bicyclic) bond motifs is 1. The molecule has 0 saturated heterocycles. The molecule has 1 aromatic heterocycles. The molecule has 0 bridgehead atoms. The van der Waals surface area contributed by atoms with Crippen molar-refractivity contribution in [3.05, 3.63) is 35.2 Å². The van der Waals surface area contributed by atoms with Crippen LogP contribution in [0.2, 0.25) is 0 Å². The number of hydrogen-bond donors (Lipinski definition) is 1. The molecule has 0 atom stereocenters. The van der Waals surface area contributed by atoms with Crippen LogP contribution in [0.3, 0.4) is 0 Å². The molecule has 0 unspecified atom stereocenters. The van der Waals surface area contributed by atoms with Gasteiger partial charge < -0.3 is 9.47 Å². The Morgan fingerprint density at radius 1 is 1.14 bits per heavy atom. The largest absolute Gasteiger partial charge is 0.586 e. The van der Waals surface area contributed by atoms with Crippen molar-refractivity contribution in [3.8, 4) is 11.5 Å². The molecule has 21 heavy (non-hydrogen) atoms. The molecule has 2 aromatic rings. The van der Waals surface area contributed by atoms with E-state index in [-0.39, 0.29) is 21.4 Å². The maximum Gasteiger partial charge on any atom is 0.586 e. The normalized spacial score (nSPS) is 16.0. The molecule has 0 amide bonds. The van der Waals surface area contributed by atoms with Gasteiger partial charge in [-0.25, -0.2) is 8.42 Å². The van der Waals surface area contributed by atoms with Gasteiger partial charge in [0.25, 0.3) is 10.0 Å². The molecule has 0 fully saturated rings. The summed E-state index contributed by atoms with van der Waals surface area (Å²) in [6.45, 7) is 1.78. The van der Waals surface area contributed by atoms with Gasteiger partial charge in [0, 0.05) is 10.9 Å². The first-order valence-corrected chi connectivity index (χ1v) is 8.04. The molecule has 0 radical (unpaired) electrons. The quantitative estimate of drug-likeness (QED) is 0.937. The zero-order chi connectivity index (χ0) is 15.3. The van der Waals surface area contributed by atoms with E-state index in [0.29, 0.717) is 0 Å². The number of aryl methyl sites for hydroxylation is 1. The molecular weight excluding hydrogens is 324 g/mol. The average molecular weight is 333 g/mol. The second-order valence-corrected chi connectivity index (χ2v) is 7.50. The first-order chi connectivity index (χ1) is 9.75. The van der Waals surface area contributed by atoms with E-state index in [0.717, 1.165) is 22.3 Å². The van der Waals surface area contributed by atoms with E-state index in [1.165, 1.54) is 18.2 Å². The number of anilines is 1. The fraction of sp³-hybridized carbons (Fsp3) is 0.167. The highest BCUT2D eigenvalue weighted by Gasteiger charge is 2.43. The maximum absolute atomic E-state index is 12.9. The lowest BCUT2D eigenvalue weighted by atomic mass is 10.3. The lowest BCUT2D eigenvalue weighted by Gasteiger charge is -2.06. The maximum atomic E-state index is 12.9. The van der Waals surface area contributed by atoms with Gasteiger partial charge in [-0.3, -0.25) is 4.72 Å². The van der Waals surface area contributed by atoms with Gasteiger partial charge in [-0.15, -0.1) is 20.1 Å². The summed E-state index contributed by atoms with van der Waals surface area (Å²) in [5.41, 5.74) is 0.112. The highest BCUT2D eigenvalue weighted by atomic mass is 32.2. The molecule has 1 aliphatic rings. The summed E-state index contributed by atoms with van der Waals surface area (Å²) in [6.07, 6.45) is -3.73. The number of ether oxygens (including phenoxy) is 2. The monoisotopic (exact) mass is 333 g/mol. The van der Waals surface area contributed by atoms with Crippen molar-refractivity contribution in [1.82, 2.24) is 0 Å². The summed E-state index contributed by atoms with van der Waals surface area (Å²) in [6, 6.07) is 6.84. The molecule has 0 spiro atoms. The second-order valence-electron chi connectivity index (χ2n) is 4.30. The van der Waals surface area contributed by atoms with Gasteiger partial charge in [-0.1, -0.05) is 0 Å². The summed E-state index contributed by atoms with van der Waals surface area (Å²) in [5, 5.41) is 0. The smallest absolute Gasteiger partial charge is 0.395 e. The fourth-order valence-corrected chi connectivity index (χ4v) is 4.11. The Kier molecular flexibility index (Phi) is 3.06. The third-order valence-electron chi connectivity index (χ3n) is 2.63. The zero-order valence-corrected chi connectivity index (χ0v) is 12.2. The molecule has 0 saturated carbocycles. The first-order valence-electron chi connectivity index (χ1n) is 5.74. The van der Waals surface area contributed by atoms with E-state index in [2.05, 4.69) is 14.2 Å². The fourth-order valence-electron chi connectivity index (χ4n) is 1.77. The molecule has 1 aliphatic heterocycles. The topological polar surface area (TPSA) is 64.6 Å². The predicted molar refractivity (Wildman–Crippen MR) is 72.5 cm³/mol. The molecule has 5 nitrogen and oxygen atoms in total. The molecule has 1 N–H and O–H groups in total. The molecule has 9 heteroatoms. The van der Waals surface area contributed by atoms with E-state index in [1.54, 1.807) is 13.0 Å². The zero-order valence-electron chi connectivity index (χ0n) is 10.6. The SMILES string of the molecule is Cc1ccc(S(=O)(=O)Nc2ccc3c(c2)OC(F)(F)O3)s1. The van der Waals surface area contributed by atoms with E-state index >= 15 is 0 Å². The van der Waals surface area contributed by atoms with Crippen molar-refractivity contribution in [3.63, 3.8) is 0 Å². The lowest BCUT2D eigenvalue weighted by molar-refractivity contribution is -0.286. The van der Waals surface area contributed by atoms with Crippen molar-refractivity contribution in [2.45, 2.75) is 17.4 Å². The number of nitrogens with one attached hydrogen (secondary N) is 1. The Hall–Kier alpha value is -1.87. The third-order valence-corrected chi connectivity index (χ3v) is 5.51. The summed E-state index contributed by atoms with van der Waals surface area (Å²) >= 11 is 1.11. The lowest BCUT2D eigenvalue weighted by Crippen LogP contribution is -2.25. The Balaban J connectivity index is 1.87. The van der Waals surface area contributed by atoms with E-state index < -0.39 is 16.3 Å². The average Bonchev–Trinajstić information content (AvgIpc) is 2.90. The summed E-state index contributed by atoms with van der Waals surface area (Å²) in [4.78, 5) is 0.848. The Morgan fingerprint density at radius 2 is 1.86 bits per heavy atom. The van der Waals surface area contributed by atoms with E-state index in [4.69, 9.17) is 0 Å². The van der Waals surface area contributed by atoms with Crippen molar-refractivity contribution in [2.24, 2.45) is 0 Å². The number of benzene rings is 1. The minimum Gasteiger partial charge on any atom is -0.395 e. The number of halogens is 2. The number of sulfonamides is 1. The molecule has 1 aromatic carbocycles. The van der Waals surface area contributed by atoms with Gasteiger partial charge in [-0.2, -0.15) is 0 Å². The van der Waals surface area contributed by atoms with E-state index in [1.807, 2.05) is 0 Å². The van der Waals surface area contributed by atoms with Gasteiger partial charge in [0.1, 0.15) is 4.21 Å². The van der Waals surface area contributed by atoms with Crippen LogP contribution in [-0.4, -0.2) is 14.7 Å². The van der Waals surface area contributed by atoms with Crippen LogP contribution < -0.4 is 14.2 Å². The van der Waals surface area contributed by atoms with Gasteiger partial charge in [-0.05, 0) is 31.2 Å². The standard InChI is InChI=1S/C12H9F2NO4S2/c1-7-2-5-11(20-7)21(16,17)15-8-3-4-9-10(6-8)19-12(13,14)18-9/h2-6,15H,1H3. The Labute approximate surface area is 123 Å². The van der Waals surface area contributed by atoms with Gasteiger partial charge in [0.15, 0.2) is 11.5 Å². The highest BCUT2D eigenvalue weighted by Crippen LogP contribution is 2.42. The summed E-state index contributed by atoms with van der Waals surface area (Å²) in [7, 11) is -3.75. The minimum absolute atomic E-state index is 0.112. The van der Waals surface area contributed by atoms with Crippen LogP contribution in [0.15, 0.2) is 34.5 Å². The Morgan fingerprint density at radius 3 is 2.52 bits per heavy atom. The summed E-state index contributed by atoms with van der Waals surface area (Å²) in [5.74, 6) is -0.363. The first kappa shape index (κ1) is 14.1. The second kappa shape index (κ2) is 4.57. The molecule has 0 aliphatic carbocycles.